The third-order valence-electron chi connectivity index (χ3n) is 3.36. The predicted molar refractivity (Wildman–Crippen MR) is 91.1 cm³/mol. The van der Waals surface area contributed by atoms with Gasteiger partial charge in [-0.1, -0.05) is 25.1 Å². The summed E-state index contributed by atoms with van der Waals surface area (Å²) in [5.74, 6) is -0.273. The number of rotatable bonds is 6. The first-order chi connectivity index (χ1) is 10.9. The second-order valence-corrected chi connectivity index (χ2v) is 6.96. The number of sulfonamides is 1. The van der Waals surface area contributed by atoms with E-state index in [0.29, 0.717) is 12.1 Å². The number of amides is 1. The molecule has 2 rings (SSSR count). The van der Waals surface area contributed by atoms with Crippen molar-refractivity contribution in [3.63, 3.8) is 0 Å². The van der Waals surface area contributed by atoms with Crippen LogP contribution in [0.2, 0.25) is 0 Å². The van der Waals surface area contributed by atoms with Crippen molar-refractivity contribution < 1.29 is 13.2 Å². The van der Waals surface area contributed by atoms with Crippen LogP contribution in [0, 0.1) is 6.92 Å². The van der Waals surface area contributed by atoms with Crippen molar-refractivity contribution in [2.24, 2.45) is 0 Å². The molecule has 5 nitrogen and oxygen atoms in total. The Labute approximate surface area is 136 Å². The van der Waals surface area contributed by atoms with Gasteiger partial charge in [-0.2, -0.15) is 0 Å². The van der Waals surface area contributed by atoms with E-state index in [-0.39, 0.29) is 10.8 Å². The fourth-order valence-electron chi connectivity index (χ4n) is 2.01. The lowest BCUT2D eigenvalue weighted by molar-refractivity contribution is 0.102. The van der Waals surface area contributed by atoms with Gasteiger partial charge in [0.15, 0.2) is 0 Å². The Morgan fingerprint density at radius 3 is 2.30 bits per heavy atom. The molecule has 23 heavy (non-hydrogen) atoms. The van der Waals surface area contributed by atoms with Crippen molar-refractivity contribution in [1.29, 1.82) is 0 Å². The number of nitrogens with one attached hydrogen (secondary N) is 2. The van der Waals surface area contributed by atoms with Gasteiger partial charge in [0.25, 0.3) is 5.91 Å². The third kappa shape index (κ3) is 4.40. The molecule has 0 saturated carbocycles. The molecular formula is C17H20N2O3S. The summed E-state index contributed by atoms with van der Waals surface area (Å²) >= 11 is 0. The lowest BCUT2D eigenvalue weighted by atomic mass is 10.1. The van der Waals surface area contributed by atoms with E-state index < -0.39 is 10.0 Å². The Bertz CT molecular complexity index is 784. The van der Waals surface area contributed by atoms with Crippen LogP contribution in [0.15, 0.2) is 53.4 Å². The molecule has 0 aliphatic rings. The topological polar surface area (TPSA) is 75.3 Å². The van der Waals surface area contributed by atoms with E-state index in [1.54, 1.807) is 0 Å². The number of anilines is 1. The molecule has 1 amide bonds. The van der Waals surface area contributed by atoms with Crippen LogP contribution >= 0.6 is 0 Å². The standard InChI is InChI=1S/C17H20N2O3S/c1-3-12-18-23(21,22)15-10-8-14(9-11-15)17(20)19-16-7-5-4-6-13(16)2/h4-11,18H,3,12H2,1-2H3,(H,19,20). The maximum absolute atomic E-state index is 12.2. The van der Waals surface area contributed by atoms with Crippen LogP contribution in [0.4, 0.5) is 5.69 Å². The zero-order valence-corrected chi connectivity index (χ0v) is 14.0. The van der Waals surface area contributed by atoms with E-state index in [1.165, 1.54) is 24.3 Å². The second kappa shape index (κ2) is 7.39. The summed E-state index contributed by atoms with van der Waals surface area (Å²) in [6, 6.07) is 13.4. The molecule has 2 aromatic rings. The highest BCUT2D eigenvalue weighted by Gasteiger charge is 2.14. The minimum Gasteiger partial charge on any atom is -0.322 e. The number of aryl methyl sites for hydroxylation is 1. The van der Waals surface area contributed by atoms with E-state index in [2.05, 4.69) is 10.0 Å². The first kappa shape index (κ1) is 17.2. The van der Waals surface area contributed by atoms with Gasteiger partial charge in [0.1, 0.15) is 0 Å². The Kier molecular flexibility index (Phi) is 5.52. The molecule has 2 aromatic carbocycles. The lowest BCUT2D eigenvalue weighted by Crippen LogP contribution is -2.24. The van der Waals surface area contributed by atoms with Gasteiger partial charge in [-0.3, -0.25) is 4.79 Å². The van der Waals surface area contributed by atoms with Crippen molar-refractivity contribution >= 4 is 21.6 Å². The SMILES string of the molecule is CCCNS(=O)(=O)c1ccc(C(=O)Nc2ccccc2C)cc1. The van der Waals surface area contributed by atoms with Crippen molar-refractivity contribution in [2.45, 2.75) is 25.2 Å². The summed E-state index contributed by atoms with van der Waals surface area (Å²) in [5, 5.41) is 2.81. The number of para-hydroxylation sites is 1. The Hall–Kier alpha value is -2.18. The molecule has 0 atom stereocenters. The average molecular weight is 332 g/mol. The van der Waals surface area contributed by atoms with Crippen molar-refractivity contribution in [3.05, 3.63) is 59.7 Å². The van der Waals surface area contributed by atoms with Gasteiger partial charge in [0.05, 0.1) is 4.90 Å². The zero-order chi connectivity index (χ0) is 16.9. The van der Waals surface area contributed by atoms with Gasteiger partial charge in [-0.05, 0) is 49.2 Å². The second-order valence-electron chi connectivity index (χ2n) is 5.19. The zero-order valence-electron chi connectivity index (χ0n) is 13.2. The minimum atomic E-state index is -3.51. The molecule has 0 aliphatic carbocycles. The Balaban J connectivity index is 2.13. The molecule has 6 heteroatoms. The van der Waals surface area contributed by atoms with Gasteiger partial charge in [-0.15, -0.1) is 0 Å². The van der Waals surface area contributed by atoms with Crippen LogP contribution in [0.25, 0.3) is 0 Å². The number of hydrogen-bond acceptors (Lipinski definition) is 3. The smallest absolute Gasteiger partial charge is 0.255 e. The number of benzene rings is 2. The normalized spacial score (nSPS) is 11.2. The molecule has 0 aliphatic heterocycles. The highest BCUT2D eigenvalue weighted by atomic mass is 32.2. The molecular weight excluding hydrogens is 312 g/mol. The molecule has 0 bridgehead atoms. The van der Waals surface area contributed by atoms with E-state index in [9.17, 15) is 13.2 Å². The molecule has 2 N–H and O–H groups in total. The molecule has 0 aromatic heterocycles. The molecule has 0 fully saturated rings. The van der Waals surface area contributed by atoms with Gasteiger partial charge >= 0.3 is 0 Å². The van der Waals surface area contributed by atoms with E-state index >= 15 is 0 Å². The third-order valence-corrected chi connectivity index (χ3v) is 4.84. The first-order valence-electron chi connectivity index (χ1n) is 7.41. The van der Waals surface area contributed by atoms with Crippen LogP contribution in [0.3, 0.4) is 0 Å². The molecule has 0 saturated heterocycles. The fraction of sp³-hybridized carbons (Fsp3) is 0.235. The quantitative estimate of drug-likeness (QED) is 0.854. The highest BCUT2D eigenvalue weighted by Crippen LogP contribution is 2.16. The summed E-state index contributed by atoms with van der Waals surface area (Å²) in [6.45, 7) is 4.18. The minimum absolute atomic E-state index is 0.151. The van der Waals surface area contributed by atoms with E-state index in [0.717, 1.165) is 17.7 Å². The van der Waals surface area contributed by atoms with E-state index in [1.807, 2.05) is 38.1 Å². The summed E-state index contributed by atoms with van der Waals surface area (Å²) in [4.78, 5) is 12.4. The number of carbonyl (C=O) groups is 1. The van der Waals surface area contributed by atoms with Gasteiger partial charge < -0.3 is 5.32 Å². The van der Waals surface area contributed by atoms with Gasteiger partial charge in [-0.25, -0.2) is 13.1 Å². The van der Waals surface area contributed by atoms with Crippen molar-refractivity contribution in [1.82, 2.24) is 4.72 Å². The molecule has 0 spiro atoms. The number of hydrogen-bond donors (Lipinski definition) is 2. The molecule has 0 unspecified atom stereocenters. The lowest BCUT2D eigenvalue weighted by Gasteiger charge is -2.09. The largest absolute Gasteiger partial charge is 0.322 e. The van der Waals surface area contributed by atoms with Crippen LogP contribution in [-0.4, -0.2) is 20.9 Å². The predicted octanol–water partition coefficient (Wildman–Crippen LogP) is 2.94. The first-order valence-corrected chi connectivity index (χ1v) is 8.89. The monoisotopic (exact) mass is 332 g/mol. The summed E-state index contributed by atoms with van der Waals surface area (Å²) in [6.07, 6.45) is 0.718. The summed E-state index contributed by atoms with van der Waals surface area (Å²) < 4.78 is 26.5. The van der Waals surface area contributed by atoms with Gasteiger partial charge in [0, 0.05) is 17.8 Å². The van der Waals surface area contributed by atoms with Gasteiger partial charge in [0.2, 0.25) is 10.0 Å². The maximum atomic E-state index is 12.2. The Morgan fingerprint density at radius 1 is 1.04 bits per heavy atom. The molecule has 0 heterocycles. The summed E-state index contributed by atoms with van der Waals surface area (Å²) in [5.41, 5.74) is 2.10. The maximum Gasteiger partial charge on any atom is 0.255 e. The summed E-state index contributed by atoms with van der Waals surface area (Å²) in [7, 11) is -3.51. The van der Waals surface area contributed by atoms with Crippen molar-refractivity contribution in [2.75, 3.05) is 11.9 Å². The fourth-order valence-corrected chi connectivity index (χ4v) is 3.15. The van der Waals surface area contributed by atoms with Crippen molar-refractivity contribution in [3.8, 4) is 0 Å². The van der Waals surface area contributed by atoms with Crippen LogP contribution < -0.4 is 10.0 Å². The average Bonchev–Trinajstić information content (AvgIpc) is 2.55. The Morgan fingerprint density at radius 2 is 1.70 bits per heavy atom. The highest BCUT2D eigenvalue weighted by molar-refractivity contribution is 7.89. The van der Waals surface area contributed by atoms with Crippen LogP contribution in [-0.2, 0) is 10.0 Å². The van der Waals surface area contributed by atoms with Crippen LogP contribution in [0.5, 0.6) is 0 Å². The number of carbonyl (C=O) groups excluding carboxylic acids is 1. The van der Waals surface area contributed by atoms with E-state index in [4.69, 9.17) is 0 Å². The van der Waals surface area contributed by atoms with Crippen LogP contribution in [0.1, 0.15) is 29.3 Å². The molecule has 0 radical (unpaired) electrons. The molecule has 122 valence electrons.